The van der Waals surface area contributed by atoms with Crippen molar-refractivity contribution in [3.8, 4) is 5.75 Å². The van der Waals surface area contributed by atoms with E-state index < -0.39 is 0 Å². The molecule has 1 rings (SSSR count). The lowest BCUT2D eigenvalue weighted by atomic mass is 9.91. The number of nitrogens with one attached hydrogen (secondary N) is 1. The van der Waals surface area contributed by atoms with E-state index in [-0.39, 0.29) is 17.4 Å². The number of nitrogens with two attached hydrogens (primary N) is 1. The minimum Gasteiger partial charge on any atom is -0.494 e. The number of ether oxygens (including phenoxy) is 1. The summed E-state index contributed by atoms with van der Waals surface area (Å²) in [6, 6.07) is 9.65. The average molecular weight is 292 g/mol. The summed E-state index contributed by atoms with van der Waals surface area (Å²) in [7, 11) is 0. The fraction of sp³-hybridized carbons (Fsp3) is 0.588. The van der Waals surface area contributed by atoms with Crippen LogP contribution < -0.4 is 15.8 Å². The Bertz CT molecular complexity index is 408. The number of benzene rings is 1. The van der Waals surface area contributed by atoms with Gasteiger partial charge >= 0.3 is 0 Å². The highest BCUT2D eigenvalue weighted by molar-refractivity contribution is 5.79. The maximum absolute atomic E-state index is 12.3. The molecule has 3 N–H and O–H groups in total. The maximum Gasteiger partial charge on any atom is 0.223 e. The van der Waals surface area contributed by atoms with Crippen LogP contribution in [0.15, 0.2) is 30.3 Å². The Hall–Kier alpha value is -1.55. The molecule has 0 radical (unpaired) electrons. The van der Waals surface area contributed by atoms with Crippen molar-refractivity contribution < 1.29 is 9.53 Å². The minimum absolute atomic E-state index is 0.0563. The first kappa shape index (κ1) is 17.5. The predicted molar refractivity (Wildman–Crippen MR) is 86.2 cm³/mol. The van der Waals surface area contributed by atoms with E-state index in [0.717, 1.165) is 18.6 Å². The molecule has 0 bridgehead atoms. The van der Waals surface area contributed by atoms with E-state index in [1.165, 1.54) is 0 Å². The zero-order valence-electron chi connectivity index (χ0n) is 13.4. The van der Waals surface area contributed by atoms with E-state index >= 15 is 0 Å². The first-order valence-corrected chi connectivity index (χ1v) is 7.77. The smallest absolute Gasteiger partial charge is 0.223 e. The van der Waals surface area contributed by atoms with Crippen LogP contribution in [0.3, 0.4) is 0 Å². The zero-order chi connectivity index (χ0) is 15.7. The summed E-state index contributed by atoms with van der Waals surface area (Å²) in [5.74, 6) is 0.807. The molecule has 118 valence electrons. The number of amides is 1. The van der Waals surface area contributed by atoms with Gasteiger partial charge in [-0.1, -0.05) is 39.0 Å². The van der Waals surface area contributed by atoms with Crippen molar-refractivity contribution in [1.29, 1.82) is 0 Å². The predicted octanol–water partition coefficient (Wildman–Crippen LogP) is 2.73. The van der Waals surface area contributed by atoms with Crippen molar-refractivity contribution in [2.45, 2.75) is 45.6 Å². The van der Waals surface area contributed by atoms with Crippen molar-refractivity contribution >= 4 is 5.91 Å². The Morgan fingerprint density at radius 2 is 1.90 bits per heavy atom. The fourth-order valence-corrected chi connectivity index (χ4v) is 2.15. The van der Waals surface area contributed by atoms with Crippen molar-refractivity contribution in [3.05, 3.63) is 30.3 Å². The van der Waals surface area contributed by atoms with Crippen LogP contribution in [0.5, 0.6) is 5.75 Å². The second-order valence-corrected chi connectivity index (χ2v) is 5.53. The third kappa shape index (κ3) is 5.38. The lowest BCUT2D eigenvalue weighted by Crippen LogP contribution is -2.54. The largest absolute Gasteiger partial charge is 0.494 e. The molecule has 21 heavy (non-hydrogen) atoms. The molecule has 0 spiro atoms. The van der Waals surface area contributed by atoms with Crippen LogP contribution in [-0.4, -0.2) is 24.6 Å². The molecule has 4 heteroatoms. The SMILES string of the molecule is CCC(CC)(CN)NC(=O)C(C)CCOc1ccccc1. The van der Waals surface area contributed by atoms with Gasteiger partial charge in [-0.2, -0.15) is 0 Å². The summed E-state index contributed by atoms with van der Waals surface area (Å²) in [5.41, 5.74) is 5.54. The van der Waals surface area contributed by atoms with Crippen LogP contribution in [0.1, 0.15) is 40.0 Å². The molecule has 0 aliphatic rings. The molecule has 1 aromatic carbocycles. The quantitative estimate of drug-likeness (QED) is 0.735. The molecule has 0 saturated heterocycles. The van der Waals surface area contributed by atoms with Gasteiger partial charge in [-0.15, -0.1) is 0 Å². The van der Waals surface area contributed by atoms with Crippen molar-refractivity contribution in [2.75, 3.05) is 13.2 Å². The minimum atomic E-state index is -0.272. The number of hydrogen-bond acceptors (Lipinski definition) is 3. The highest BCUT2D eigenvalue weighted by Gasteiger charge is 2.28. The molecule has 4 nitrogen and oxygen atoms in total. The summed E-state index contributed by atoms with van der Waals surface area (Å²) >= 11 is 0. The molecule has 1 atom stereocenters. The second-order valence-electron chi connectivity index (χ2n) is 5.53. The van der Waals surface area contributed by atoms with E-state index in [1.54, 1.807) is 0 Å². The second kappa shape index (κ2) is 8.67. The van der Waals surface area contributed by atoms with Crippen LogP contribution in [0.25, 0.3) is 0 Å². The molecule has 1 aromatic rings. The number of carbonyl (C=O) groups is 1. The maximum atomic E-state index is 12.3. The van der Waals surface area contributed by atoms with E-state index in [4.69, 9.17) is 10.5 Å². The van der Waals surface area contributed by atoms with Gasteiger partial charge in [0.15, 0.2) is 0 Å². The summed E-state index contributed by atoms with van der Waals surface area (Å²) in [6.45, 7) is 7.04. The van der Waals surface area contributed by atoms with Gasteiger partial charge in [0, 0.05) is 12.5 Å². The molecule has 0 saturated carbocycles. The van der Waals surface area contributed by atoms with E-state index in [0.29, 0.717) is 19.6 Å². The first-order valence-electron chi connectivity index (χ1n) is 7.77. The van der Waals surface area contributed by atoms with Gasteiger partial charge in [-0.05, 0) is 31.4 Å². The van der Waals surface area contributed by atoms with Gasteiger partial charge < -0.3 is 15.8 Å². The zero-order valence-corrected chi connectivity index (χ0v) is 13.4. The van der Waals surface area contributed by atoms with Crippen molar-refractivity contribution in [3.63, 3.8) is 0 Å². The molecule has 0 fully saturated rings. The van der Waals surface area contributed by atoms with Crippen LogP contribution in [-0.2, 0) is 4.79 Å². The number of para-hydroxylation sites is 1. The summed E-state index contributed by atoms with van der Waals surface area (Å²) in [4.78, 5) is 12.3. The van der Waals surface area contributed by atoms with Gasteiger partial charge in [0.05, 0.1) is 12.1 Å². The molecule has 1 amide bonds. The Kier molecular flexibility index (Phi) is 7.23. The topological polar surface area (TPSA) is 64.3 Å². The summed E-state index contributed by atoms with van der Waals surface area (Å²) < 4.78 is 5.63. The first-order chi connectivity index (χ1) is 10.1. The monoisotopic (exact) mass is 292 g/mol. The molecule has 0 aromatic heterocycles. The number of carbonyl (C=O) groups excluding carboxylic acids is 1. The van der Waals surface area contributed by atoms with Gasteiger partial charge in [-0.3, -0.25) is 4.79 Å². The Morgan fingerprint density at radius 1 is 1.29 bits per heavy atom. The third-order valence-corrected chi connectivity index (χ3v) is 4.14. The van der Waals surface area contributed by atoms with Crippen LogP contribution in [0.2, 0.25) is 0 Å². The summed E-state index contributed by atoms with van der Waals surface area (Å²) in [5, 5.41) is 3.11. The van der Waals surface area contributed by atoms with Crippen LogP contribution in [0, 0.1) is 5.92 Å². The molecule has 1 unspecified atom stereocenters. The van der Waals surface area contributed by atoms with Crippen molar-refractivity contribution in [1.82, 2.24) is 5.32 Å². The standard InChI is InChI=1S/C17H28N2O2/c1-4-17(5-2,13-18)19-16(20)14(3)11-12-21-15-9-7-6-8-10-15/h6-10,14H,4-5,11-13,18H2,1-3H3,(H,19,20). The number of rotatable bonds is 9. The average Bonchev–Trinajstić information content (AvgIpc) is 2.53. The molecular weight excluding hydrogens is 264 g/mol. The summed E-state index contributed by atoms with van der Waals surface area (Å²) in [6.07, 6.45) is 2.38. The molecule has 0 heterocycles. The lowest BCUT2D eigenvalue weighted by Gasteiger charge is -2.32. The van der Waals surface area contributed by atoms with Gasteiger partial charge in [0.25, 0.3) is 0 Å². The normalized spacial score (nSPS) is 12.8. The van der Waals surface area contributed by atoms with Gasteiger partial charge in [0.1, 0.15) is 5.75 Å². The van der Waals surface area contributed by atoms with Crippen molar-refractivity contribution in [2.24, 2.45) is 11.7 Å². The highest BCUT2D eigenvalue weighted by atomic mass is 16.5. The van der Waals surface area contributed by atoms with E-state index in [2.05, 4.69) is 19.2 Å². The Morgan fingerprint density at radius 3 is 2.43 bits per heavy atom. The van der Waals surface area contributed by atoms with Crippen LogP contribution >= 0.6 is 0 Å². The molecular formula is C17H28N2O2. The third-order valence-electron chi connectivity index (χ3n) is 4.14. The van der Waals surface area contributed by atoms with Gasteiger partial charge in [0.2, 0.25) is 5.91 Å². The fourth-order valence-electron chi connectivity index (χ4n) is 2.15. The highest BCUT2D eigenvalue weighted by Crippen LogP contribution is 2.16. The van der Waals surface area contributed by atoms with E-state index in [1.807, 2.05) is 37.3 Å². The van der Waals surface area contributed by atoms with Gasteiger partial charge in [-0.25, -0.2) is 0 Å². The molecule has 0 aliphatic carbocycles. The molecule has 0 aliphatic heterocycles. The Balaban J connectivity index is 2.40. The van der Waals surface area contributed by atoms with Crippen LogP contribution in [0.4, 0.5) is 0 Å². The van der Waals surface area contributed by atoms with E-state index in [9.17, 15) is 4.79 Å². The Labute approximate surface area is 128 Å². The lowest BCUT2D eigenvalue weighted by molar-refractivity contribution is -0.126. The number of hydrogen-bond donors (Lipinski definition) is 2.